The Hall–Kier alpha value is -2.90. The van der Waals surface area contributed by atoms with Crippen molar-refractivity contribution in [2.24, 2.45) is 0 Å². The van der Waals surface area contributed by atoms with E-state index in [-0.39, 0.29) is 17.6 Å². The number of carbonyl (C=O) groups is 2. The third-order valence-electron chi connectivity index (χ3n) is 4.18. The zero-order valence-corrected chi connectivity index (χ0v) is 14.0. The number of nitrogens with zero attached hydrogens (tertiary/aromatic N) is 4. The molecule has 0 bridgehead atoms. The van der Waals surface area contributed by atoms with E-state index in [1.807, 2.05) is 13.0 Å². The second-order valence-electron chi connectivity index (χ2n) is 5.90. The van der Waals surface area contributed by atoms with E-state index in [2.05, 4.69) is 10.3 Å². The van der Waals surface area contributed by atoms with Crippen LogP contribution in [0, 0.1) is 0 Å². The van der Waals surface area contributed by atoms with E-state index in [0.717, 1.165) is 12.8 Å². The third kappa shape index (κ3) is 3.78. The smallest absolute Gasteiger partial charge is 0.358 e. The first-order valence-electron chi connectivity index (χ1n) is 8.25. The van der Waals surface area contributed by atoms with Crippen LogP contribution in [0.2, 0.25) is 0 Å². The molecule has 8 heteroatoms. The highest BCUT2D eigenvalue weighted by molar-refractivity contribution is 5.94. The van der Waals surface area contributed by atoms with Crippen molar-refractivity contribution in [3.8, 4) is 5.75 Å². The fourth-order valence-electron chi connectivity index (χ4n) is 2.98. The van der Waals surface area contributed by atoms with Crippen LogP contribution in [-0.4, -0.2) is 56.6 Å². The van der Waals surface area contributed by atoms with Gasteiger partial charge in [-0.25, -0.2) is 9.48 Å². The molecule has 3 rings (SSSR count). The minimum absolute atomic E-state index is 0.0650. The minimum atomic E-state index is -1.11. The van der Waals surface area contributed by atoms with E-state index in [4.69, 9.17) is 9.84 Å². The monoisotopic (exact) mass is 344 g/mol. The molecule has 1 unspecified atom stereocenters. The predicted molar refractivity (Wildman–Crippen MR) is 88.8 cm³/mol. The highest BCUT2D eigenvalue weighted by atomic mass is 16.5. The Labute approximate surface area is 145 Å². The summed E-state index contributed by atoms with van der Waals surface area (Å²) < 4.78 is 6.99. The van der Waals surface area contributed by atoms with Gasteiger partial charge in [-0.1, -0.05) is 11.3 Å². The maximum atomic E-state index is 12.8. The van der Waals surface area contributed by atoms with E-state index in [9.17, 15) is 9.59 Å². The molecule has 0 spiro atoms. The number of aromatic nitrogens is 3. The summed E-state index contributed by atoms with van der Waals surface area (Å²) in [5.74, 6) is -0.503. The first kappa shape index (κ1) is 16.9. The summed E-state index contributed by atoms with van der Waals surface area (Å²) in [4.78, 5) is 25.5. The first-order chi connectivity index (χ1) is 12.1. The summed E-state index contributed by atoms with van der Waals surface area (Å²) in [6.07, 6.45) is 3.06. The topological polar surface area (TPSA) is 97.5 Å². The lowest BCUT2D eigenvalue weighted by atomic mass is 10.0. The van der Waals surface area contributed by atoms with Crippen molar-refractivity contribution >= 4 is 11.9 Å². The lowest BCUT2D eigenvalue weighted by Gasteiger charge is -2.32. The highest BCUT2D eigenvalue weighted by Gasteiger charge is 2.27. The number of rotatable bonds is 5. The quantitative estimate of drug-likeness (QED) is 0.889. The average Bonchev–Trinajstić information content (AvgIpc) is 3.12. The van der Waals surface area contributed by atoms with Gasteiger partial charge in [0.2, 0.25) is 0 Å². The molecular weight excluding hydrogens is 324 g/mol. The molecule has 1 fully saturated rings. The van der Waals surface area contributed by atoms with E-state index in [1.54, 1.807) is 27.8 Å². The van der Waals surface area contributed by atoms with Gasteiger partial charge >= 0.3 is 5.97 Å². The molecule has 1 aromatic heterocycles. The molecular formula is C17H20N4O4. The number of piperidine rings is 1. The van der Waals surface area contributed by atoms with Crippen LogP contribution in [0.25, 0.3) is 0 Å². The molecule has 1 aromatic carbocycles. The predicted octanol–water partition coefficient (Wildman–Crippen LogP) is 1.85. The van der Waals surface area contributed by atoms with Crippen molar-refractivity contribution in [1.29, 1.82) is 0 Å². The Morgan fingerprint density at radius 3 is 2.96 bits per heavy atom. The van der Waals surface area contributed by atoms with Gasteiger partial charge in [-0.3, -0.25) is 4.79 Å². The van der Waals surface area contributed by atoms with Gasteiger partial charge in [-0.15, -0.1) is 5.10 Å². The summed E-state index contributed by atoms with van der Waals surface area (Å²) in [5, 5.41) is 16.5. The maximum absolute atomic E-state index is 12.8. The van der Waals surface area contributed by atoms with Gasteiger partial charge in [-0.05, 0) is 38.0 Å². The second kappa shape index (κ2) is 7.33. The summed E-state index contributed by atoms with van der Waals surface area (Å²) in [6, 6.07) is 7.06. The molecule has 0 radical (unpaired) electrons. The van der Waals surface area contributed by atoms with Crippen molar-refractivity contribution < 1.29 is 19.4 Å². The fourth-order valence-corrected chi connectivity index (χ4v) is 2.98. The molecule has 132 valence electrons. The largest absolute Gasteiger partial charge is 0.494 e. The van der Waals surface area contributed by atoms with Crippen LogP contribution in [-0.2, 0) is 0 Å². The Morgan fingerprint density at radius 2 is 2.24 bits per heavy atom. The van der Waals surface area contributed by atoms with E-state index < -0.39 is 5.97 Å². The molecule has 2 heterocycles. The van der Waals surface area contributed by atoms with Crippen LogP contribution in [0.4, 0.5) is 0 Å². The van der Waals surface area contributed by atoms with Crippen LogP contribution < -0.4 is 4.74 Å². The van der Waals surface area contributed by atoms with Crippen LogP contribution in [0.3, 0.4) is 0 Å². The Kier molecular flexibility index (Phi) is 4.97. The summed E-state index contributed by atoms with van der Waals surface area (Å²) in [5.41, 5.74) is 0.490. The van der Waals surface area contributed by atoms with Gasteiger partial charge in [0.05, 0.1) is 18.8 Å². The summed E-state index contributed by atoms with van der Waals surface area (Å²) >= 11 is 0. The highest BCUT2D eigenvalue weighted by Crippen LogP contribution is 2.23. The third-order valence-corrected chi connectivity index (χ3v) is 4.18. The summed E-state index contributed by atoms with van der Waals surface area (Å²) in [6.45, 7) is 3.57. The number of hydrogen-bond donors (Lipinski definition) is 1. The molecule has 8 nitrogen and oxygen atoms in total. The second-order valence-corrected chi connectivity index (χ2v) is 5.90. The van der Waals surface area contributed by atoms with Crippen LogP contribution in [0.1, 0.15) is 46.7 Å². The fraction of sp³-hybridized carbons (Fsp3) is 0.412. The number of likely N-dealkylation sites (tertiary alicyclic amines) is 1. The number of carbonyl (C=O) groups excluding carboxylic acids is 1. The number of amides is 1. The molecule has 1 atom stereocenters. The number of ether oxygens (including phenoxy) is 1. The van der Waals surface area contributed by atoms with E-state index in [0.29, 0.717) is 31.0 Å². The van der Waals surface area contributed by atoms with Crippen molar-refractivity contribution in [2.75, 3.05) is 19.7 Å². The number of aromatic carboxylic acids is 1. The molecule has 0 saturated carbocycles. The molecule has 1 saturated heterocycles. The van der Waals surface area contributed by atoms with Gasteiger partial charge in [0.1, 0.15) is 5.75 Å². The van der Waals surface area contributed by atoms with Gasteiger partial charge in [-0.2, -0.15) is 0 Å². The van der Waals surface area contributed by atoms with Gasteiger partial charge in [0.25, 0.3) is 5.91 Å². The lowest BCUT2D eigenvalue weighted by molar-refractivity contribution is 0.0665. The van der Waals surface area contributed by atoms with Crippen molar-refractivity contribution in [3.05, 3.63) is 41.7 Å². The van der Waals surface area contributed by atoms with Crippen LogP contribution >= 0.6 is 0 Å². The standard InChI is InChI=1S/C17H20N4O4/c1-2-25-14-7-3-5-12(9-14)16(22)20-8-4-6-13(10-20)21-11-15(17(23)24)18-19-21/h3,5,7,9,11,13H,2,4,6,8,10H2,1H3,(H,23,24). The Balaban J connectivity index is 1.73. The van der Waals surface area contributed by atoms with Crippen LogP contribution in [0.15, 0.2) is 30.5 Å². The van der Waals surface area contributed by atoms with Crippen molar-refractivity contribution in [1.82, 2.24) is 19.9 Å². The van der Waals surface area contributed by atoms with E-state index in [1.165, 1.54) is 6.20 Å². The molecule has 25 heavy (non-hydrogen) atoms. The lowest BCUT2D eigenvalue weighted by Crippen LogP contribution is -2.40. The molecule has 1 aliphatic heterocycles. The molecule has 2 aromatic rings. The molecule has 0 aliphatic carbocycles. The molecule has 1 amide bonds. The van der Waals surface area contributed by atoms with Gasteiger partial charge in [0.15, 0.2) is 5.69 Å². The summed E-state index contributed by atoms with van der Waals surface area (Å²) in [7, 11) is 0. The Morgan fingerprint density at radius 1 is 1.40 bits per heavy atom. The first-order valence-corrected chi connectivity index (χ1v) is 8.25. The number of benzene rings is 1. The minimum Gasteiger partial charge on any atom is -0.494 e. The van der Waals surface area contributed by atoms with E-state index >= 15 is 0 Å². The number of hydrogen-bond acceptors (Lipinski definition) is 5. The van der Waals surface area contributed by atoms with Crippen molar-refractivity contribution in [2.45, 2.75) is 25.8 Å². The Bertz CT molecular complexity index is 774. The van der Waals surface area contributed by atoms with Gasteiger partial charge < -0.3 is 14.7 Å². The van der Waals surface area contributed by atoms with Gasteiger partial charge in [0, 0.05) is 18.7 Å². The maximum Gasteiger partial charge on any atom is 0.358 e. The normalized spacial score (nSPS) is 17.3. The zero-order valence-electron chi connectivity index (χ0n) is 14.0. The molecule has 1 N–H and O–H groups in total. The van der Waals surface area contributed by atoms with Crippen LogP contribution in [0.5, 0.6) is 5.75 Å². The zero-order chi connectivity index (χ0) is 17.8. The average molecular weight is 344 g/mol. The van der Waals surface area contributed by atoms with Crippen molar-refractivity contribution in [3.63, 3.8) is 0 Å². The SMILES string of the molecule is CCOc1cccc(C(=O)N2CCCC(n3cc(C(=O)O)nn3)C2)c1. The molecule has 1 aliphatic rings. The number of carboxylic acid groups (broad SMARTS) is 1. The number of carboxylic acids is 1.